The monoisotopic (exact) mass is 427 g/mol. The quantitative estimate of drug-likeness (QED) is 0.340. The number of fused-ring (bicyclic) bond motifs is 3. The van der Waals surface area contributed by atoms with Crippen molar-refractivity contribution in [2.45, 2.75) is 6.61 Å². The third-order valence-electron chi connectivity index (χ3n) is 5.23. The van der Waals surface area contributed by atoms with Gasteiger partial charge in [0.1, 0.15) is 0 Å². The normalized spacial score (nSPS) is 11.4. The average molecular weight is 428 g/mol. The summed E-state index contributed by atoms with van der Waals surface area (Å²) in [6.45, 7) is 0.0595. The second-order valence-corrected chi connectivity index (χ2v) is 7.83. The number of para-hydroxylation sites is 1. The summed E-state index contributed by atoms with van der Waals surface area (Å²) in [6, 6.07) is 31.7. The molecule has 5 rings (SSSR count). The zero-order chi connectivity index (χ0) is 19.1. The number of hydrogen-bond acceptors (Lipinski definition) is 1. The molecular weight excluding hydrogens is 410 g/mol. The van der Waals surface area contributed by atoms with Crippen LogP contribution in [0.5, 0.6) is 0 Å². The highest BCUT2D eigenvalue weighted by Gasteiger charge is 2.13. The Morgan fingerprint density at radius 3 is 2.11 bits per heavy atom. The topological polar surface area (TPSA) is 25.2 Å². The molecule has 0 spiro atoms. The fraction of sp³-hybridized carbons (Fsp3) is 0.0400. The molecule has 0 aliphatic carbocycles. The minimum atomic E-state index is 0.0595. The molecule has 0 aliphatic rings. The van der Waals surface area contributed by atoms with Gasteiger partial charge in [-0.25, -0.2) is 0 Å². The van der Waals surface area contributed by atoms with Gasteiger partial charge in [0.05, 0.1) is 17.6 Å². The standard InChI is InChI=1S/C25H18BrNO/c26-20-10-7-18(8-11-20)19-9-14-25-23(15-19)22-3-1-2-4-24(22)27(25)21-12-5-17(16-28)6-13-21/h1-15,28H,16H2. The molecule has 3 heteroatoms. The predicted octanol–water partition coefficient (Wildman–Crippen LogP) is 6.71. The molecule has 5 aromatic rings. The first-order valence-corrected chi connectivity index (χ1v) is 10.0. The number of aromatic nitrogens is 1. The van der Waals surface area contributed by atoms with E-state index in [1.807, 2.05) is 12.1 Å². The second kappa shape index (κ2) is 6.93. The van der Waals surface area contributed by atoms with Gasteiger partial charge in [-0.3, -0.25) is 0 Å². The van der Waals surface area contributed by atoms with Gasteiger partial charge in [0.25, 0.3) is 0 Å². The first-order valence-electron chi connectivity index (χ1n) is 9.24. The minimum Gasteiger partial charge on any atom is -0.392 e. The molecule has 1 aromatic heterocycles. The molecule has 0 saturated heterocycles. The molecule has 0 bridgehead atoms. The Bertz CT molecular complexity index is 1280. The number of hydrogen-bond donors (Lipinski definition) is 1. The number of rotatable bonds is 3. The van der Waals surface area contributed by atoms with E-state index >= 15 is 0 Å². The number of benzene rings is 4. The van der Waals surface area contributed by atoms with Crippen LogP contribution in [-0.2, 0) is 6.61 Å². The lowest BCUT2D eigenvalue weighted by atomic mass is 10.0. The fourth-order valence-corrected chi connectivity index (χ4v) is 4.09. The summed E-state index contributed by atoms with van der Waals surface area (Å²) in [5.74, 6) is 0. The highest BCUT2D eigenvalue weighted by Crippen LogP contribution is 2.35. The Balaban J connectivity index is 1.76. The van der Waals surface area contributed by atoms with Gasteiger partial charge in [-0.15, -0.1) is 0 Å². The summed E-state index contributed by atoms with van der Waals surface area (Å²) < 4.78 is 3.37. The molecule has 1 N–H and O–H groups in total. The van der Waals surface area contributed by atoms with Gasteiger partial charge >= 0.3 is 0 Å². The summed E-state index contributed by atoms with van der Waals surface area (Å²) in [5, 5.41) is 11.8. The second-order valence-electron chi connectivity index (χ2n) is 6.92. The van der Waals surface area contributed by atoms with Crippen LogP contribution in [0, 0.1) is 0 Å². The molecule has 0 unspecified atom stereocenters. The lowest BCUT2D eigenvalue weighted by Crippen LogP contribution is -1.94. The van der Waals surface area contributed by atoms with E-state index in [4.69, 9.17) is 0 Å². The molecule has 0 amide bonds. The maximum atomic E-state index is 9.35. The van der Waals surface area contributed by atoms with Gasteiger partial charge in [-0.05, 0) is 59.2 Å². The molecule has 4 aromatic carbocycles. The third-order valence-corrected chi connectivity index (χ3v) is 5.76. The van der Waals surface area contributed by atoms with Crippen molar-refractivity contribution in [3.63, 3.8) is 0 Å². The van der Waals surface area contributed by atoms with E-state index < -0.39 is 0 Å². The van der Waals surface area contributed by atoms with Crippen LogP contribution in [0.3, 0.4) is 0 Å². The molecule has 0 radical (unpaired) electrons. The van der Waals surface area contributed by atoms with E-state index in [1.165, 1.54) is 32.9 Å². The van der Waals surface area contributed by atoms with Gasteiger partial charge in [0.15, 0.2) is 0 Å². The van der Waals surface area contributed by atoms with Crippen molar-refractivity contribution in [1.82, 2.24) is 4.57 Å². The van der Waals surface area contributed by atoms with Crippen LogP contribution in [0.2, 0.25) is 0 Å². The smallest absolute Gasteiger partial charge is 0.0681 e. The van der Waals surface area contributed by atoms with E-state index in [-0.39, 0.29) is 6.61 Å². The maximum absolute atomic E-state index is 9.35. The van der Waals surface area contributed by atoms with Gasteiger partial charge < -0.3 is 9.67 Å². The molecule has 0 saturated carbocycles. The summed E-state index contributed by atoms with van der Waals surface area (Å²) in [7, 11) is 0. The van der Waals surface area contributed by atoms with Gasteiger partial charge in [-0.2, -0.15) is 0 Å². The Morgan fingerprint density at radius 1 is 0.679 bits per heavy atom. The highest BCUT2D eigenvalue weighted by molar-refractivity contribution is 9.10. The van der Waals surface area contributed by atoms with Crippen LogP contribution < -0.4 is 0 Å². The van der Waals surface area contributed by atoms with Crippen molar-refractivity contribution in [1.29, 1.82) is 0 Å². The van der Waals surface area contributed by atoms with Crippen molar-refractivity contribution in [3.8, 4) is 16.8 Å². The molecule has 2 nitrogen and oxygen atoms in total. The predicted molar refractivity (Wildman–Crippen MR) is 120 cm³/mol. The van der Waals surface area contributed by atoms with E-state index in [0.717, 1.165) is 15.7 Å². The Morgan fingerprint density at radius 2 is 1.36 bits per heavy atom. The fourth-order valence-electron chi connectivity index (χ4n) is 3.82. The Hall–Kier alpha value is -2.88. The first-order chi connectivity index (χ1) is 13.7. The summed E-state index contributed by atoms with van der Waals surface area (Å²) in [4.78, 5) is 0. The highest BCUT2D eigenvalue weighted by atomic mass is 79.9. The SMILES string of the molecule is OCc1ccc(-n2c3ccccc3c3cc(-c4ccc(Br)cc4)ccc32)cc1. The van der Waals surface area contributed by atoms with E-state index in [9.17, 15) is 5.11 Å². The summed E-state index contributed by atoms with van der Waals surface area (Å²) in [6.07, 6.45) is 0. The summed E-state index contributed by atoms with van der Waals surface area (Å²) in [5.41, 5.74) is 6.79. The first kappa shape index (κ1) is 17.2. The molecule has 1 heterocycles. The Kier molecular flexibility index (Phi) is 4.27. The van der Waals surface area contributed by atoms with Crippen LogP contribution in [-0.4, -0.2) is 9.67 Å². The van der Waals surface area contributed by atoms with E-state index in [1.54, 1.807) is 0 Å². The number of aliphatic hydroxyl groups excluding tert-OH is 1. The number of aliphatic hydroxyl groups is 1. The van der Waals surface area contributed by atoms with Crippen LogP contribution in [0.4, 0.5) is 0 Å². The van der Waals surface area contributed by atoms with Gasteiger partial charge in [0.2, 0.25) is 0 Å². The van der Waals surface area contributed by atoms with Crippen molar-refractivity contribution in [3.05, 3.63) is 101 Å². The van der Waals surface area contributed by atoms with Crippen LogP contribution in [0.25, 0.3) is 38.6 Å². The Labute approximate surface area is 171 Å². The zero-order valence-electron chi connectivity index (χ0n) is 15.1. The van der Waals surface area contributed by atoms with E-state index in [2.05, 4.69) is 99.4 Å². The van der Waals surface area contributed by atoms with Crippen molar-refractivity contribution >= 4 is 37.7 Å². The van der Waals surface area contributed by atoms with Crippen molar-refractivity contribution < 1.29 is 5.11 Å². The molecular formula is C25H18BrNO. The molecule has 0 atom stereocenters. The lowest BCUT2D eigenvalue weighted by Gasteiger charge is -2.09. The third kappa shape index (κ3) is 2.84. The zero-order valence-corrected chi connectivity index (χ0v) is 16.7. The van der Waals surface area contributed by atoms with Gasteiger partial charge in [-0.1, -0.05) is 64.5 Å². The average Bonchev–Trinajstić information content (AvgIpc) is 3.08. The number of nitrogens with zero attached hydrogens (tertiary/aromatic N) is 1. The van der Waals surface area contributed by atoms with Gasteiger partial charge in [0, 0.05) is 20.9 Å². The maximum Gasteiger partial charge on any atom is 0.0681 e. The van der Waals surface area contributed by atoms with Crippen molar-refractivity contribution in [2.75, 3.05) is 0 Å². The van der Waals surface area contributed by atoms with Crippen molar-refractivity contribution in [2.24, 2.45) is 0 Å². The summed E-state index contributed by atoms with van der Waals surface area (Å²) >= 11 is 3.51. The van der Waals surface area contributed by atoms with Crippen LogP contribution >= 0.6 is 15.9 Å². The lowest BCUT2D eigenvalue weighted by molar-refractivity contribution is 0.282. The minimum absolute atomic E-state index is 0.0595. The van der Waals surface area contributed by atoms with Crippen LogP contribution in [0.1, 0.15) is 5.56 Å². The molecule has 136 valence electrons. The van der Waals surface area contributed by atoms with Crippen LogP contribution in [0.15, 0.2) is 95.5 Å². The molecule has 0 fully saturated rings. The van der Waals surface area contributed by atoms with E-state index in [0.29, 0.717) is 0 Å². The molecule has 28 heavy (non-hydrogen) atoms. The molecule has 0 aliphatic heterocycles. The largest absolute Gasteiger partial charge is 0.392 e. The number of halogens is 1.